The molecule has 2 aromatic rings. The molecular formula is C23H26N2O4S2. The molecule has 1 saturated heterocycles. The second-order valence-electron chi connectivity index (χ2n) is 8.31. The van der Waals surface area contributed by atoms with Crippen molar-refractivity contribution in [1.29, 1.82) is 0 Å². The molecule has 0 spiro atoms. The minimum atomic E-state index is -0.586. The Hall–Kier alpha value is -2.32. The lowest BCUT2D eigenvalue weighted by atomic mass is 9.89. The molecule has 1 aromatic carbocycles. The van der Waals surface area contributed by atoms with Gasteiger partial charge >= 0.3 is 5.97 Å². The van der Waals surface area contributed by atoms with Gasteiger partial charge in [0.2, 0.25) is 12.3 Å². The number of amides is 2. The fraction of sp³-hybridized carbons (Fsp3) is 0.435. The van der Waals surface area contributed by atoms with Crippen molar-refractivity contribution in [2.75, 3.05) is 18.2 Å². The highest BCUT2D eigenvalue weighted by molar-refractivity contribution is 8.00. The summed E-state index contributed by atoms with van der Waals surface area (Å²) in [4.78, 5) is 38.3. The maximum atomic E-state index is 13.0. The average molecular weight is 459 g/mol. The molecule has 31 heavy (non-hydrogen) atoms. The molecule has 0 bridgehead atoms. The second-order valence-corrected chi connectivity index (χ2v) is 10.8. The Morgan fingerprint density at radius 1 is 1.23 bits per heavy atom. The van der Waals surface area contributed by atoms with Crippen molar-refractivity contribution in [1.82, 2.24) is 4.90 Å². The Bertz CT molecular complexity index is 1030. The van der Waals surface area contributed by atoms with E-state index in [1.165, 1.54) is 47.3 Å². The number of rotatable bonds is 5. The van der Waals surface area contributed by atoms with Gasteiger partial charge in [0.15, 0.2) is 0 Å². The zero-order chi connectivity index (χ0) is 22.2. The van der Waals surface area contributed by atoms with Crippen molar-refractivity contribution in [3.8, 4) is 11.1 Å². The van der Waals surface area contributed by atoms with Crippen LogP contribution in [0.1, 0.15) is 48.2 Å². The molecule has 0 radical (unpaired) electrons. The molecule has 1 unspecified atom stereocenters. The Morgan fingerprint density at radius 2 is 1.97 bits per heavy atom. The zero-order valence-electron chi connectivity index (χ0n) is 17.9. The van der Waals surface area contributed by atoms with E-state index in [1.807, 2.05) is 25.3 Å². The first-order valence-electron chi connectivity index (χ1n) is 10.4. The Balaban J connectivity index is 1.65. The van der Waals surface area contributed by atoms with E-state index in [9.17, 15) is 14.4 Å². The molecule has 164 valence electrons. The number of esters is 1. The van der Waals surface area contributed by atoms with Gasteiger partial charge in [-0.3, -0.25) is 9.59 Å². The predicted octanol–water partition coefficient (Wildman–Crippen LogP) is 4.33. The van der Waals surface area contributed by atoms with Crippen LogP contribution in [0.15, 0.2) is 23.6 Å². The molecule has 1 aliphatic heterocycles. The topological polar surface area (TPSA) is 75.7 Å². The number of ether oxygens (including phenoxy) is 1. The molecular weight excluding hydrogens is 432 g/mol. The minimum Gasteiger partial charge on any atom is -0.465 e. The molecule has 1 atom stereocenters. The van der Waals surface area contributed by atoms with E-state index in [4.69, 9.17) is 4.74 Å². The summed E-state index contributed by atoms with van der Waals surface area (Å²) in [7, 11) is 1.34. The van der Waals surface area contributed by atoms with Crippen LogP contribution in [-0.4, -0.2) is 47.0 Å². The largest absolute Gasteiger partial charge is 0.465 e. The van der Waals surface area contributed by atoms with E-state index < -0.39 is 16.9 Å². The number of nitrogens with zero attached hydrogens (tertiary/aromatic N) is 1. The molecule has 1 fully saturated rings. The lowest BCUT2D eigenvalue weighted by Crippen LogP contribution is -2.47. The van der Waals surface area contributed by atoms with Crippen molar-refractivity contribution >= 4 is 46.4 Å². The molecule has 6 nitrogen and oxygen atoms in total. The highest BCUT2D eigenvalue weighted by Crippen LogP contribution is 2.40. The van der Waals surface area contributed by atoms with Crippen molar-refractivity contribution in [2.24, 2.45) is 0 Å². The number of methoxy groups -OCH3 is 1. The Morgan fingerprint density at radius 3 is 2.68 bits per heavy atom. The number of thioether (sulfide) groups is 1. The van der Waals surface area contributed by atoms with Crippen LogP contribution >= 0.6 is 23.1 Å². The summed E-state index contributed by atoms with van der Waals surface area (Å²) in [5.41, 5.74) is 4.76. The van der Waals surface area contributed by atoms with E-state index in [2.05, 4.69) is 17.4 Å². The first kappa shape index (κ1) is 21.9. The van der Waals surface area contributed by atoms with Gasteiger partial charge in [0, 0.05) is 16.7 Å². The molecule has 2 aliphatic rings. The number of fused-ring (bicyclic) bond motifs is 1. The number of hydrogen-bond donors (Lipinski definition) is 1. The number of hydrogen-bond acceptors (Lipinski definition) is 6. The van der Waals surface area contributed by atoms with Gasteiger partial charge in [0.25, 0.3) is 0 Å². The molecule has 2 heterocycles. The fourth-order valence-corrected chi connectivity index (χ4v) is 6.44. The zero-order valence-corrected chi connectivity index (χ0v) is 19.5. The molecule has 0 saturated carbocycles. The summed E-state index contributed by atoms with van der Waals surface area (Å²) in [5, 5.41) is 5.22. The molecule has 1 aliphatic carbocycles. The van der Waals surface area contributed by atoms with E-state index in [0.717, 1.165) is 30.4 Å². The summed E-state index contributed by atoms with van der Waals surface area (Å²) >= 11 is 2.86. The van der Waals surface area contributed by atoms with Gasteiger partial charge in [-0.05, 0) is 56.2 Å². The van der Waals surface area contributed by atoms with E-state index in [0.29, 0.717) is 16.3 Å². The normalized spacial score (nSPS) is 19.6. The number of nitrogens with one attached hydrogen (secondary N) is 1. The van der Waals surface area contributed by atoms with Gasteiger partial charge in [-0.25, -0.2) is 4.79 Å². The summed E-state index contributed by atoms with van der Waals surface area (Å²) in [5.74, 6) is -0.277. The number of benzene rings is 1. The van der Waals surface area contributed by atoms with Crippen molar-refractivity contribution < 1.29 is 19.1 Å². The highest BCUT2D eigenvalue weighted by Gasteiger charge is 2.43. The van der Waals surface area contributed by atoms with Gasteiger partial charge in [0.05, 0.1) is 12.0 Å². The van der Waals surface area contributed by atoms with Crippen molar-refractivity contribution in [3.63, 3.8) is 0 Å². The van der Waals surface area contributed by atoms with Crippen LogP contribution in [0.25, 0.3) is 11.1 Å². The Labute approximate surface area is 190 Å². The van der Waals surface area contributed by atoms with E-state index >= 15 is 0 Å². The van der Waals surface area contributed by atoms with Crippen LogP contribution in [0.4, 0.5) is 5.00 Å². The van der Waals surface area contributed by atoms with Gasteiger partial charge in [-0.15, -0.1) is 23.1 Å². The van der Waals surface area contributed by atoms with E-state index in [1.54, 1.807) is 11.8 Å². The summed E-state index contributed by atoms with van der Waals surface area (Å²) < 4.78 is 5.04. The predicted molar refractivity (Wildman–Crippen MR) is 125 cm³/mol. The van der Waals surface area contributed by atoms with Crippen molar-refractivity contribution in [3.05, 3.63) is 40.3 Å². The maximum Gasteiger partial charge on any atom is 0.341 e. The second kappa shape index (κ2) is 8.67. The Kier molecular flexibility index (Phi) is 6.12. The van der Waals surface area contributed by atoms with Gasteiger partial charge in [-0.1, -0.05) is 18.2 Å². The highest BCUT2D eigenvalue weighted by atomic mass is 32.2. The summed E-state index contributed by atoms with van der Waals surface area (Å²) in [6.45, 7) is 3.83. The quantitative estimate of drug-likeness (QED) is 0.533. The molecule has 1 aromatic heterocycles. The maximum absolute atomic E-state index is 13.0. The van der Waals surface area contributed by atoms with Gasteiger partial charge < -0.3 is 15.0 Å². The summed E-state index contributed by atoms with van der Waals surface area (Å²) in [6.07, 6.45) is 5.24. The lowest BCUT2D eigenvalue weighted by molar-refractivity contribution is -0.130. The molecule has 2 amide bonds. The number of thiophene rings is 1. The number of anilines is 1. The monoisotopic (exact) mass is 458 g/mol. The third-order valence-corrected chi connectivity index (χ3v) is 8.34. The molecule has 8 heteroatoms. The summed E-state index contributed by atoms with van der Waals surface area (Å²) in [6, 6.07) is 5.74. The van der Waals surface area contributed by atoms with Crippen LogP contribution in [0.2, 0.25) is 0 Å². The van der Waals surface area contributed by atoms with Crippen LogP contribution in [-0.2, 0) is 27.2 Å². The molecule has 4 rings (SSSR count). The fourth-order valence-electron chi connectivity index (χ4n) is 4.28. The number of carbonyl (C=O) groups excluding carboxylic acids is 3. The minimum absolute atomic E-state index is 0.297. The van der Waals surface area contributed by atoms with E-state index in [-0.39, 0.29) is 5.91 Å². The molecule has 1 N–H and O–H groups in total. The SMILES string of the molecule is COC(=O)c1c(-c2ccc3c(c2)CCCC3)csc1NC(=O)C1CSC(C)(C)N1C=O. The first-order chi connectivity index (χ1) is 14.9. The number of carbonyl (C=O) groups is 3. The lowest BCUT2D eigenvalue weighted by Gasteiger charge is -2.30. The first-order valence-corrected chi connectivity index (χ1v) is 12.2. The van der Waals surface area contributed by atoms with Crippen LogP contribution < -0.4 is 5.32 Å². The smallest absolute Gasteiger partial charge is 0.341 e. The average Bonchev–Trinajstić information content (AvgIpc) is 3.32. The van der Waals surface area contributed by atoms with Gasteiger partial charge in [0.1, 0.15) is 16.6 Å². The van der Waals surface area contributed by atoms with Crippen molar-refractivity contribution in [2.45, 2.75) is 50.4 Å². The number of aryl methyl sites for hydroxylation is 2. The van der Waals surface area contributed by atoms with Crippen LogP contribution in [0.3, 0.4) is 0 Å². The standard InChI is InChI=1S/C23H26N2O4S2/c1-23(2)25(13-26)18(12-31-23)20(27)24-21-19(22(28)29-3)17(11-30-21)16-9-8-14-6-4-5-7-15(14)10-16/h8-11,13,18H,4-7,12H2,1-3H3,(H,24,27). The van der Waals surface area contributed by atoms with Crippen LogP contribution in [0, 0.1) is 0 Å². The van der Waals surface area contributed by atoms with Gasteiger partial charge in [-0.2, -0.15) is 0 Å². The third-order valence-electron chi connectivity index (χ3n) is 6.05. The third kappa shape index (κ3) is 4.11. The van der Waals surface area contributed by atoms with Crippen LogP contribution in [0.5, 0.6) is 0 Å².